The number of morpholine rings is 1. The summed E-state index contributed by atoms with van der Waals surface area (Å²) in [4.78, 5) is 0. The molecule has 1 aliphatic heterocycles. The van der Waals surface area contributed by atoms with Gasteiger partial charge < -0.3 is 4.74 Å². The van der Waals surface area contributed by atoms with Crippen molar-refractivity contribution in [2.75, 3.05) is 19.8 Å². The van der Waals surface area contributed by atoms with E-state index in [1.54, 1.807) is 0 Å². The Bertz CT molecular complexity index is 53.7. The van der Waals surface area contributed by atoms with Crippen LogP contribution >= 0.6 is 0 Å². The Morgan fingerprint density at radius 3 is 2.86 bits per heavy atom. The van der Waals surface area contributed by atoms with Crippen LogP contribution in [0.4, 0.5) is 4.39 Å². The smallest absolute Gasteiger partial charge is 0.174 e. The largest absolute Gasteiger partial charge is 0.376 e. The van der Waals surface area contributed by atoms with E-state index in [1.165, 1.54) is 0 Å². The normalized spacial score (nSPS) is 33.0. The number of ether oxygens (including phenoxy) is 1. The summed E-state index contributed by atoms with van der Waals surface area (Å²) >= 11 is 0. The maximum atomic E-state index is 11.9. The molecule has 0 saturated carbocycles. The summed E-state index contributed by atoms with van der Waals surface area (Å²) in [5.74, 6) is 0. The standard InChI is InChI=1S/C4H8FNO/c5-4-3-7-2-1-6-4/h4,6H,1-3H2/t4-/m0/s1. The van der Waals surface area contributed by atoms with E-state index >= 15 is 0 Å². The number of alkyl halides is 1. The molecular formula is C4H8FNO. The van der Waals surface area contributed by atoms with Crippen LogP contribution in [-0.4, -0.2) is 26.1 Å². The van der Waals surface area contributed by atoms with Crippen LogP contribution in [0.2, 0.25) is 0 Å². The van der Waals surface area contributed by atoms with Crippen LogP contribution in [0.15, 0.2) is 0 Å². The first-order valence-electron chi connectivity index (χ1n) is 2.35. The minimum Gasteiger partial charge on any atom is -0.376 e. The van der Waals surface area contributed by atoms with Gasteiger partial charge in [-0.05, 0) is 0 Å². The molecule has 0 radical (unpaired) electrons. The second-order valence-corrected chi connectivity index (χ2v) is 1.50. The molecule has 0 aromatic rings. The number of hydrogen-bond donors (Lipinski definition) is 1. The van der Waals surface area contributed by atoms with Crippen molar-refractivity contribution < 1.29 is 9.13 Å². The summed E-state index contributed by atoms with van der Waals surface area (Å²) in [6.07, 6.45) is -0.936. The van der Waals surface area contributed by atoms with Gasteiger partial charge in [-0.25, -0.2) is 4.39 Å². The van der Waals surface area contributed by atoms with Gasteiger partial charge in [-0.15, -0.1) is 0 Å². The van der Waals surface area contributed by atoms with Gasteiger partial charge in [-0.1, -0.05) is 0 Å². The van der Waals surface area contributed by atoms with Gasteiger partial charge in [0.2, 0.25) is 0 Å². The zero-order chi connectivity index (χ0) is 5.11. The molecule has 7 heavy (non-hydrogen) atoms. The summed E-state index contributed by atoms with van der Waals surface area (Å²) in [6.45, 7) is 1.49. The molecule has 1 aliphatic rings. The molecule has 0 aromatic heterocycles. The van der Waals surface area contributed by atoms with E-state index in [9.17, 15) is 4.39 Å². The zero-order valence-electron chi connectivity index (χ0n) is 3.98. The fourth-order valence-electron chi connectivity index (χ4n) is 0.533. The SMILES string of the molecule is F[C@@H]1COCCN1. The van der Waals surface area contributed by atoms with Gasteiger partial charge in [-0.2, -0.15) is 0 Å². The lowest BCUT2D eigenvalue weighted by molar-refractivity contribution is 0.0286. The van der Waals surface area contributed by atoms with Crippen molar-refractivity contribution in [3.8, 4) is 0 Å². The lowest BCUT2D eigenvalue weighted by Gasteiger charge is -2.15. The highest BCUT2D eigenvalue weighted by molar-refractivity contribution is 4.56. The summed E-state index contributed by atoms with van der Waals surface area (Å²) in [5.41, 5.74) is 0. The Balaban J connectivity index is 2.12. The molecule has 0 aromatic carbocycles. The fraction of sp³-hybridized carbons (Fsp3) is 1.00. The van der Waals surface area contributed by atoms with Crippen LogP contribution in [0.1, 0.15) is 0 Å². The van der Waals surface area contributed by atoms with Gasteiger partial charge in [0.25, 0.3) is 0 Å². The monoisotopic (exact) mass is 105 g/mol. The lowest BCUT2D eigenvalue weighted by Crippen LogP contribution is -2.37. The van der Waals surface area contributed by atoms with Crippen molar-refractivity contribution in [1.29, 1.82) is 0 Å². The van der Waals surface area contributed by atoms with E-state index in [2.05, 4.69) is 5.32 Å². The summed E-state index contributed by atoms with van der Waals surface area (Å²) < 4.78 is 16.7. The molecule has 1 rings (SSSR count). The molecule has 2 nitrogen and oxygen atoms in total. The minimum absolute atomic E-state index is 0.208. The van der Waals surface area contributed by atoms with Crippen LogP contribution in [0.3, 0.4) is 0 Å². The first-order valence-corrected chi connectivity index (χ1v) is 2.35. The van der Waals surface area contributed by atoms with Crippen LogP contribution in [0, 0.1) is 0 Å². The van der Waals surface area contributed by atoms with E-state index in [-0.39, 0.29) is 6.61 Å². The van der Waals surface area contributed by atoms with Crippen LogP contribution < -0.4 is 5.32 Å². The van der Waals surface area contributed by atoms with Crippen LogP contribution in [-0.2, 0) is 4.74 Å². The molecule has 0 bridgehead atoms. The first kappa shape index (κ1) is 5.00. The number of nitrogens with one attached hydrogen (secondary N) is 1. The quantitative estimate of drug-likeness (QED) is 0.434. The average molecular weight is 105 g/mol. The molecule has 1 heterocycles. The highest BCUT2D eigenvalue weighted by atomic mass is 19.1. The Labute approximate surface area is 41.7 Å². The molecular weight excluding hydrogens is 97.0 g/mol. The third-order valence-corrected chi connectivity index (χ3v) is 0.876. The Hall–Kier alpha value is -0.150. The maximum Gasteiger partial charge on any atom is 0.174 e. The molecule has 1 fully saturated rings. The maximum absolute atomic E-state index is 11.9. The molecule has 0 unspecified atom stereocenters. The van der Waals surface area contributed by atoms with Gasteiger partial charge in [0.05, 0.1) is 13.2 Å². The molecule has 1 atom stereocenters. The van der Waals surface area contributed by atoms with Gasteiger partial charge >= 0.3 is 0 Å². The lowest BCUT2D eigenvalue weighted by atomic mass is 10.5. The molecule has 0 amide bonds. The van der Waals surface area contributed by atoms with E-state index in [1.807, 2.05) is 0 Å². The Morgan fingerprint density at radius 1 is 1.71 bits per heavy atom. The molecule has 42 valence electrons. The third kappa shape index (κ3) is 1.41. The van der Waals surface area contributed by atoms with E-state index in [4.69, 9.17) is 4.74 Å². The van der Waals surface area contributed by atoms with Gasteiger partial charge in [0.15, 0.2) is 6.30 Å². The summed E-state index contributed by atoms with van der Waals surface area (Å²) in [5, 5.41) is 2.59. The zero-order valence-corrected chi connectivity index (χ0v) is 3.98. The second kappa shape index (κ2) is 2.23. The molecule has 0 aliphatic carbocycles. The van der Waals surface area contributed by atoms with E-state index in [0.717, 1.165) is 0 Å². The predicted octanol–water partition coefficient (Wildman–Crippen LogP) is -0.0982. The van der Waals surface area contributed by atoms with Gasteiger partial charge in [0.1, 0.15) is 0 Å². The van der Waals surface area contributed by atoms with E-state index < -0.39 is 6.30 Å². The van der Waals surface area contributed by atoms with Gasteiger partial charge in [-0.3, -0.25) is 5.32 Å². The van der Waals surface area contributed by atoms with Crippen LogP contribution in [0.25, 0.3) is 0 Å². The topological polar surface area (TPSA) is 21.3 Å². The minimum atomic E-state index is -0.936. The van der Waals surface area contributed by atoms with Crippen molar-refractivity contribution in [3.05, 3.63) is 0 Å². The van der Waals surface area contributed by atoms with Crippen LogP contribution in [0.5, 0.6) is 0 Å². The highest BCUT2D eigenvalue weighted by Crippen LogP contribution is 1.91. The van der Waals surface area contributed by atoms with Crippen molar-refractivity contribution in [1.82, 2.24) is 5.32 Å². The molecule has 1 N–H and O–H groups in total. The summed E-state index contributed by atoms with van der Waals surface area (Å²) in [7, 11) is 0. The molecule has 1 saturated heterocycles. The van der Waals surface area contributed by atoms with Crippen molar-refractivity contribution in [2.24, 2.45) is 0 Å². The third-order valence-electron chi connectivity index (χ3n) is 0.876. The first-order chi connectivity index (χ1) is 3.39. The average Bonchev–Trinajstić information content (AvgIpc) is 1.69. The van der Waals surface area contributed by atoms with Crippen molar-refractivity contribution >= 4 is 0 Å². The van der Waals surface area contributed by atoms with Crippen molar-refractivity contribution in [2.45, 2.75) is 6.30 Å². The second-order valence-electron chi connectivity index (χ2n) is 1.50. The molecule has 0 spiro atoms. The van der Waals surface area contributed by atoms with E-state index in [0.29, 0.717) is 13.2 Å². The highest BCUT2D eigenvalue weighted by Gasteiger charge is 2.08. The van der Waals surface area contributed by atoms with Gasteiger partial charge in [0, 0.05) is 6.54 Å². The number of halogens is 1. The Kier molecular flexibility index (Phi) is 1.59. The fourth-order valence-corrected chi connectivity index (χ4v) is 0.533. The predicted molar refractivity (Wildman–Crippen MR) is 23.7 cm³/mol. The van der Waals surface area contributed by atoms with Crippen molar-refractivity contribution in [3.63, 3.8) is 0 Å². The number of hydrogen-bond acceptors (Lipinski definition) is 2. The summed E-state index contributed by atoms with van der Waals surface area (Å²) in [6, 6.07) is 0. The molecule has 3 heteroatoms. The Morgan fingerprint density at radius 2 is 2.57 bits per heavy atom. The number of rotatable bonds is 0.